The highest BCUT2D eigenvalue weighted by Gasteiger charge is 2.23. The summed E-state index contributed by atoms with van der Waals surface area (Å²) in [6.07, 6.45) is 0. The number of carbonyl (C=O) groups is 2. The smallest absolute Gasteiger partial charge is 0.253 e. The van der Waals surface area contributed by atoms with Crippen molar-refractivity contribution in [3.63, 3.8) is 0 Å². The zero-order chi connectivity index (χ0) is 20.8. The van der Waals surface area contributed by atoms with Crippen molar-refractivity contribution in [3.05, 3.63) is 90.5 Å². The Morgan fingerprint density at radius 2 is 1.37 bits per heavy atom. The minimum atomic E-state index is -0.0310. The number of nitrogens with zero attached hydrogens (tertiary/aromatic N) is 2. The number of anilines is 1. The summed E-state index contributed by atoms with van der Waals surface area (Å²) in [4.78, 5) is 29.2. The molecule has 1 fully saturated rings. The molecule has 0 spiro atoms. The molecule has 4 rings (SSSR count). The van der Waals surface area contributed by atoms with Gasteiger partial charge in [-0.15, -0.1) is 0 Å². The van der Waals surface area contributed by atoms with Crippen LogP contribution in [0.4, 0.5) is 5.69 Å². The molecule has 0 radical (unpaired) electrons. The van der Waals surface area contributed by atoms with E-state index in [4.69, 9.17) is 0 Å². The second-order valence-corrected chi connectivity index (χ2v) is 7.43. The first-order chi connectivity index (χ1) is 14.7. The van der Waals surface area contributed by atoms with Crippen molar-refractivity contribution < 1.29 is 9.59 Å². The summed E-state index contributed by atoms with van der Waals surface area (Å²) >= 11 is 0. The van der Waals surface area contributed by atoms with Gasteiger partial charge in [-0.3, -0.25) is 14.5 Å². The van der Waals surface area contributed by atoms with Crippen LogP contribution >= 0.6 is 0 Å². The molecule has 2 amide bonds. The van der Waals surface area contributed by atoms with Gasteiger partial charge in [0.2, 0.25) is 5.91 Å². The molecule has 1 saturated heterocycles. The van der Waals surface area contributed by atoms with Gasteiger partial charge >= 0.3 is 0 Å². The third-order valence-electron chi connectivity index (χ3n) is 5.30. The lowest BCUT2D eigenvalue weighted by Crippen LogP contribution is -2.50. The van der Waals surface area contributed by atoms with Gasteiger partial charge in [0.05, 0.1) is 6.54 Å². The Morgan fingerprint density at radius 3 is 2.07 bits per heavy atom. The molecule has 1 N–H and O–H groups in total. The van der Waals surface area contributed by atoms with Crippen molar-refractivity contribution in [1.29, 1.82) is 0 Å². The van der Waals surface area contributed by atoms with E-state index in [0.717, 1.165) is 16.8 Å². The number of hydrogen-bond acceptors (Lipinski definition) is 3. The van der Waals surface area contributed by atoms with E-state index in [2.05, 4.69) is 10.2 Å². The number of carbonyl (C=O) groups excluding carboxylic acids is 2. The van der Waals surface area contributed by atoms with Crippen LogP contribution in [0.3, 0.4) is 0 Å². The van der Waals surface area contributed by atoms with Gasteiger partial charge in [0.15, 0.2) is 0 Å². The molecule has 3 aromatic carbocycles. The molecule has 0 saturated carbocycles. The lowest BCUT2D eigenvalue weighted by Gasteiger charge is -2.34. The maximum absolute atomic E-state index is 13.0. The van der Waals surface area contributed by atoms with Gasteiger partial charge in [0.1, 0.15) is 0 Å². The van der Waals surface area contributed by atoms with Crippen molar-refractivity contribution >= 4 is 17.5 Å². The zero-order valence-electron chi connectivity index (χ0n) is 16.8. The fourth-order valence-corrected chi connectivity index (χ4v) is 3.68. The van der Waals surface area contributed by atoms with E-state index in [0.29, 0.717) is 38.3 Å². The van der Waals surface area contributed by atoms with Gasteiger partial charge in [-0.05, 0) is 35.4 Å². The average Bonchev–Trinajstić information content (AvgIpc) is 2.80. The molecule has 30 heavy (non-hydrogen) atoms. The van der Waals surface area contributed by atoms with Crippen LogP contribution < -0.4 is 5.32 Å². The Hall–Kier alpha value is -3.44. The van der Waals surface area contributed by atoms with Crippen molar-refractivity contribution in [2.24, 2.45) is 0 Å². The number of amides is 2. The number of nitrogens with one attached hydrogen (secondary N) is 1. The normalized spacial score (nSPS) is 14.3. The number of para-hydroxylation sites is 1. The molecule has 152 valence electrons. The molecule has 0 bridgehead atoms. The van der Waals surface area contributed by atoms with Gasteiger partial charge in [-0.2, -0.15) is 0 Å². The largest absolute Gasteiger partial charge is 0.336 e. The van der Waals surface area contributed by atoms with Crippen LogP contribution in [-0.4, -0.2) is 54.3 Å². The summed E-state index contributed by atoms with van der Waals surface area (Å²) in [7, 11) is 0. The average molecular weight is 399 g/mol. The Kier molecular flexibility index (Phi) is 6.20. The van der Waals surface area contributed by atoms with Crippen molar-refractivity contribution in [2.45, 2.75) is 0 Å². The predicted molar refractivity (Wildman–Crippen MR) is 119 cm³/mol. The summed E-state index contributed by atoms with van der Waals surface area (Å²) < 4.78 is 0. The van der Waals surface area contributed by atoms with Crippen molar-refractivity contribution in [3.8, 4) is 11.1 Å². The molecule has 0 unspecified atom stereocenters. The minimum absolute atomic E-state index is 0.0310. The Bertz CT molecular complexity index is 997. The first kappa shape index (κ1) is 19.9. The Morgan fingerprint density at radius 1 is 0.733 bits per heavy atom. The molecule has 0 atom stereocenters. The van der Waals surface area contributed by atoms with Crippen molar-refractivity contribution in [2.75, 3.05) is 38.0 Å². The first-order valence-electron chi connectivity index (χ1n) is 10.2. The van der Waals surface area contributed by atoms with Crippen LogP contribution in [0.15, 0.2) is 84.9 Å². The second kappa shape index (κ2) is 9.37. The zero-order valence-corrected chi connectivity index (χ0v) is 16.8. The Balaban J connectivity index is 1.32. The molecule has 5 nitrogen and oxygen atoms in total. The fraction of sp³-hybridized carbons (Fsp3) is 0.200. The van der Waals surface area contributed by atoms with E-state index in [1.54, 1.807) is 0 Å². The van der Waals surface area contributed by atoms with Gasteiger partial charge < -0.3 is 10.2 Å². The molecular formula is C25H25N3O2. The highest BCUT2D eigenvalue weighted by molar-refractivity contribution is 5.95. The quantitative estimate of drug-likeness (QED) is 0.711. The van der Waals surface area contributed by atoms with Gasteiger partial charge in [-0.25, -0.2) is 0 Å². The topological polar surface area (TPSA) is 52.7 Å². The summed E-state index contributed by atoms with van der Waals surface area (Å²) in [6.45, 7) is 2.94. The fourth-order valence-electron chi connectivity index (χ4n) is 3.68. The van der Waals surface area contributed by atoms with Crippen LogP contribution in [0, 0.1) is 0 Å². The van der Waals surface area contributed by atoms with Crippen LogP contribution in [0.1, 0.15) is 10.4 Å². The van der Waals surface area contributed by atoms with Gasteiger partial charge in [0.25, 0.3) is 5.91 Å². The van der Waals surface area contributed by atoms with Crippen LogP contribution in [0.25, 0.3) is 11.1 Å². The van der Waals surface area contributed by atoms with Gasteiger partial charge in [0, 0.05) is 37.4 Å². The van der Waals surface area contributed by atoms with E-state index in [1.807, 2.05) is 89.8 Å². The summed E-state index contributed by atoms with van der Waals surface area (Å²) in [5, 5.41) is 2.91. The number of hydrogen-bond donors (Lipinski definition) is 1. The van der Waals surface area contributed by atoms with E-state index in [-0.39, 0.29) is 11.8 Å². The molecule has 1 aliphatic heterocycles. The summed E-state index contributed by atoms with van der Waals surface area (Å²) in [5.74, 6) is 0.0118. The highest BCUT2D eigenvalue weighted by Crippen LogP contribution is 2.21. The van der Waals surface area contributed by atoms with E-state index >= 15 is 0 Å². The third kappa shape index (κ3) is 4.93. The molecule has 3 aromatic rings. The van der Waals surface area contributed by atoms with E-state index in [1.165, 1.54) is 0 Å². The van der Waals surface area contributed by atoms with E-state index in [9.17, 15) is 9.59 Å². The molecule has 5 heteroatoms. The number of rotatable bonds is 5. The summed E-state index contributed by atoms with van der Waals surface area (Å²) in [6, 6.07) is 27.3. The molecular weight excluding hydrogens is 374 g/mol. The standard InChI is InChI=1S/C25H25N3O2/c29-24(26-23-12-5-2-6-13-23)19-27-14-16-28(17-15-27)25(30)22-11-7-10-21(18-22)20-8-3-1-4-9-20/h1-13,18H,14-17,19H2,(H,26,29). The maximum atomic E-state index is 13.0. The van der Waals surface area contributed by atoms with Crippen molar-refractivity contribution in [1.82, 2.24) is 9.80 Å². The molecule has 0 aliphatic carbocycles. The molecule has 1 aliphatic rings. The summed E-state index contributed by atoms with van der Waals surface area (Å²) in [5.41, 5.74) is 3.64. The minimum Gasteiger partial charge on any atom is -0.336 e. The molecule has 1 heterocycles. The van der Waals surface area contributed by atoms with Gasteiger partial charge in [-0.1, -0.05) is 60.7 Å². The Labute approximate surface area is 176 Å². The predicted octanol–water partition coefficient (Wildman–Crippen LogP) is 3.75. The number of benzene rings is 3. The number of piperazine rings is 1. The molecule has 0 aromatic heterocycles. The highest BCUT2D eigenvalue weighted by atomic mass is 16.2. The van der Waals surface area contributed by atoms with E-state index < -0.39 is 0 Å². The van der Waals surface area contributed by atoms with Crippen LogP contribution in [0.5, 0.6) is 0 Å². The van der Waals surface area contributed by atoms with Crippen LogP contribution in [0.2, 0.25) is 0 Å². The second-order valence-electron chi connectivity index (χ2n) is 7.43. The van der Waals surface area contributed by atoms with Crippen LogP contribution in [-0.2, 0) is 4.79 Å². The lowest BCUT2D eigenvalue weighted by atomic mass is 10.0. The first-order valence-corrected chi connectivity index (χ1v) is 10.2. The lowest BCUT2D eigenvalue weighted by molar-refractivity contribution is -0.117. The third-order valence-corrected chi connectivity index (χ3v) is 5.30. The monoisotopic (exact) mass is 399 g/mol. The maximum Gasteiger partial charge on any atom is 0.253 e. The SMILES string of the molecule is O=C(CN1CCN(C(=O)c2cccc(-c3ccccc3)c2)CC1)Nc1ccccc1.